The van der Waals surface area contributed by atoms with Crippen LogP contribution in [0.2, 0.25) is 0 Å². The van der Waals surface area contributed by atoms with Crippen molar-refractivity contribution >= 4 is 33.4 Å². The molecule has 0 aliphatic carbocycles. The van der Waals surface area contributed by atoms with E-state index < -0.39 is 21.8 Å². The molecule has 0 atom stereocenters. The molecule has 1 aliphatic rings. The molecule has 3 amide bonds. The van der Waals surface area contributed by atoms with Gasteiger partial charge in [-0.1, -0.05) is 25.5 Å². The van der Waals surface area contributed by atoms with Crippen molar-refractivity contribution in [2.75, 3.05) is 26.0 Å². The molecular weight excluding hydrogens is 406 g/mol. The Hall–Kier alpha value is -3.04. The van der Waals surface area contributed by atoms with Gasteiger partial charge in [0, 0.05) is 26.2 Å². The predicted molar refractivity (Wildman–Crippen MR) is 112 cm³/mol. The van der Waals surface area contributed by atoms with Crippen molar-refractivity contribution < 1.29 is 22.8 Å². The van der Waals surface area contributed by atoms with Crippen molar-refractivity contribution in [2.45, 2.75) is 24.7 Å². The van der Waals surface area contributed by atoms with Gasteiger partial charge in [0.25, 0.3) is 17.7 Å². The van der Waals surface area contributed by atoms with Gasteiger partial charge in [-0.05, 0) is 36.8 Å². The van der Waals surface area contributed by atoms with E-state index >= 15 is 0 Å². The number of anilines is 1. The highest BCUT2D eigenvalue weighted by Crippen LogP contribution is 2.26. The van der Waals surface area contributed by atoms with Crippen LogP contribution in [0.4, 0.5) is 5.69 Å². The van der Waals surface area contributed by atoms with E-state index in [9.17, 15) is 22.8 Å². The van der Waals surface area contributed by atoms with Crippen molar-refractivity contribution in [1.82, 2.24) is 9.21 Å². The number of sulfonamides is 1. The molecule has 3 rings (SSSR count). The van der Waals surface area contributed by atoms with Gasteiger partial charge in [0.1, 0.15) is 4.90 Å². The Morgan fingerprint density at radius 3 is 2.37 bits per heavy atom. The van der Waals surface area contributed by atoms with Crippen LogP contribution in [0.5, 0.6) is 0 Å². The van der Waals surface area contributed by atoms with Crippen LogP contribution in [0.1, 0.15) is 50.8 Å². The minimum atomic E-state index is -3.76. The van der Waals surface area contributed by atoms with Crippen LogP contribution in [-0.4, -0.2) is 56.0 Å². The normalized spacial score (nSPS) is 13.7. The quantitative estimate of drug-likeness (QED) is 0.682. The van der Waals surface area contributed by atoms with Gasteiger partial charge in [-0.15, -0.1) is 0 Å². The van der Waals surface area contributed by atoms with Crippen LogP contribution >= 0.6 is 0 Å². The minimum Gasteiger partial charge on any atom is -0.321 e. The molecule has 30 heavy (non-hydrogen) atoms. The standard InChI is InChI=1S/C21H23N3O5S/c1-4-5-12-24-20(26)15-11-10-14(13-16(15)21(24)27)19(25)22-17-8-6-7-9-18(17)30(28,29)23(2)3/h6-11,13H,4-5,12H2,1-3H3,(H,22,25). The molecule has 0 radical (unpaired) electrons. The monoisotopic (exact) mass is 429 g/mol. The highest BCUT2D eigenvalue weighted by atomic mass is 32.2. The summed E-state index contributed by atoms with van der Waals surface area (Å²) in [7, 11) is -0.956. The summed E-state index contributed by atoms with van der Waals surface area (Å²) >= 11 is 0. The van der Waals surface area contributed by atoms with Gasteiger partial charge in [-0.2, -0.15) is 0 Å². The average Bonchev–Trinajstić information content (AvgIpc) is 2.96. The summed E-state index contributed by atoms with van der Waals surface area (Å²) in [5, 5.41) is 2.60. The van der Waals surface area contributed by atoms with E-state index in [0.29, 0.717) is 13.0 Å². The van der Waals surface area contributed by atoms with E-state index in [1.165, 1.54) is 49.3 Å². The van der Waals surface area contributed by atoms with Crippen molar-refractivity contribution in [3.05, 3.63) is 59.2 Å². The van der Waals surface area contributed by atoms with Crippen molar-refractivity contribution in [3.63, 3.8) is 0 Å². The second-order valence-corrected chi connectivity index (χ2v) is 9.23. The summed E-state index contributed by atoms with van der Waals surface area (Å²) in [5.41, 5.74) is 0.731. The predicted octanol–water partition coefficient (Wildman–Crippen LogP) is 2.59. The topological polar surface area (TPSA) is 104 Å². The molecule has 0 saturated carbocycles. The Labute approximate surface area is 175 Å². The lowest BCUT2D eigenvalue weighted by Crippen LogP contribution is -2.30. The van der Waals surface area contributed by atoms with Gasteiger partial charge >= 0.3 is 0 Å². The van der Waals surface area contributed by atoms with Gasteiger partial charge in [-0.25, -0.2) is 12.7 Å². The molecule has 9 heteroatoms. The molecule has 0 bridgehead atoms. The molecule has 8 nitrogen and oxygen atoms in total. The number of fused-ring (bicyclic) bond motifs is 1. The van der Waals surface area contributed by atoms with Gasteiger partial charge in [0.15, 0.2) is 0 Å². The van der Waals surface area contributed by atoms with Crippen molar-refractivity contribution in [3.8, 4) is 0 Å². The second-order valence-electron chi connectivity index (χ2n) is 7.11. The molecule has 0 saturated heterocycles. The maximum atomic E-state index is 12.8. The first kappa shape index (κ1) is 21.7. The smallest absolute Gasteiger partial charge is 0.261 e. The molecular formula is C21H23N3O5S. The maximum Gasteiger partial charge on any atom is 0.261 e. The molecule has 0 aromatic heterocycles. The fourth-order valence-corrected chi connectivity index (χ4v) is 4.18. The van der Waals surface area contributed by atoms with Gasteiger partial charge in [-0.3, -0.25) is 19.3 Å². The number of hydrogen-bond donors (Lipinski definition) is 1. The summed E-state index contributed by atoms with van der Waals surface area (Å²) in [6.07, 6.45) is 1.55. The molecule has 1 heterocycles. The summed E-state index contributed by atoms with van der Waals surface area (Å²) in [4.78, 5) is 39.0. The lowest BCUT2D eigenvalue weighted by atomic mass is 10.1. The van der Waals surface area contributed by atoms with Crippen LogP contribution in [-0.2, 0) is 10.0 Å². The Bertz CT molecular complexity index is 1130. The summed E-state index contributed by atoms with van der Waals surface area (Å²) < 4.78 is 26.1. The van der Waals surface area contributed by atoms with Crippen LogP contribution in [0.15, 0.2) is 47.4 Å². The molecule has 2 aromatic carbocycles. The summed E-state index contributed by atoms with van der Waals surface area (Å²) in [5.74, 6) is -1.36. The number of hydrogen-bond acceptors (Lipinski definition) is 5. The molecule has 0 spiro atoms. The highest BCUT2D eigenvalue weighted by molar-refractivity contribution is 7.89. The number of carbonyl (C=O) groups is 3. The number of benzene rings is 2. The fourth-order valence-electron chi connectivity index (χ4n) is 3.14. The van der Waals surface area contributed by atoms with E-state index in [4.69, 9.17) is 0 Å². The van der Waals surface area contributed by atoms with Crippen LogP contribution in [0.25, 0.3) is 0 Å². The molecule has 1 aliphatic heterocycles. The first-order valence-corrected chi connectivity index (χ1v) is 11.0. The third kappa shape index (κ3) is 3.86. The Kier molecular flexibility index (Phi) is 6.04. The van der Waals surface area contributed by atoms with Gasteiger partial charge in [0.2, 0.25) is 10.0 Å². The first-order valence-electron chi connectivity index (χ1n) is 9.51. The van der Waals surface area contributed by atoms with E-state index in [-0.39, 0.29) is 33.2 Å². The van der Waals surface area contributed by atoms with E-state index in [1.54, 1.807) is 12.1 Å². The fraction of sp³-hybridized carbons (Fsp3) is 0.286. The number of nitrogens with zero attached hydrogens (tertiary/aromatic N) is 2. The number of carbonyl (C=O) groups excluding carboxylic acids is 3. The number of para-hydroxylation sites is 1. The minimum absolute atomic E-state index is 0.0403. The molecule has 1 N–H and O–H groups in total. The number of imide groups is 1. The largest absolute Gasteiger partial charge is 0.321 e. The number of rotatable bonds is 7. The van der Waals surface area contributed by atoms with Crippen LogP contribution < -0.4 is 5.32 Å². The van der Waals surface area contributed by atoms with E-state index in [1.807, 2.05) is 6.92 Å². The third-order valence-electron chi connectivity index (χ3n) is 4.86. The van der Waals surface area contributed by atoms with E-state index in [0.717, 1.165) is 10.7 Å². The van der Waals surface area contributed by atoms with Crippen molar-refractivity contribution in [1.29, 1.82) is 0 Å². The lowest BCUT2D eigenvalue weighted by molar-refractivity contribution is 0.0652. The molecule has 0 fully saturated rings. The average molecular weight is 429 g/mol. The number of amides is 3. The van der Waals surface area contributed by atoms with E-state index in [2.05, 4.69) is 5.32 Å². The molecule has 0 unspecified atom stereocenters. The Balaban J connectivity index is 1.89. The maximum absolute atomic E-state index is 12.8. The third-order valence-corrected chi connectivity index (χ3v) is 6.74. The zero-order valence-corrected chi connectivity index (χ0v) is 17.8. The van der Waals surface area contributed by atoms with Crippen molar-refractivity contribution in [2.24, 2.45) is 0 Å². The Morgan fingerprint density at radius 2 is 1.70 bits per heavy atom. The number of nitrogens with one attached hydrogen (secondary N) is 1. The summed E-state index contributed by atoms with van der Waals surface area (Å²) in [6.45, 7) is 2.30. The van der Waals surface area contributed by atoms with Gasteiger partial charge in [0.05, 0.1) is 16.8 Å². The first-order chi connectivity index (χ1) is 14.2. The molecule has 2 aromatic rings. The second kappa shape index (κ2) is 8.37. The molecule has 158 valence electrons. The van der Waals surface area contributed by atoms with Gasteiger partial charge < -0.3 is 5.32 Å². The summed E-state index contributed by atoms with van der Waals surface area (Å²) in [6, 6.07) is 10.4. The van der Waals surface area contributed by atoms with Crippen LogP contribution in [0.3, 0.4) is 0 Å². The lowest BCUT2D eigenvalue weighted by Gasteiger charge is -2.15. The number of unbranched alkanes of at least 4 members (excludes halogenated alkanes) is 1. The Morgan fingerprint density at radius 1 is 1.03 bits per heavy atom. The zero-order valence-electron chi connectivity index (χ0n) is 17.0. The van der Waals surface area contributed by atoms with Crippen LogP contribution in [0, 0.1) is 0 Å². The SMILES string of the molecule is CCCCN1C(=O)c2ccc(C(=O)Nc3ccccc3S(=O)(=O)N(C)C)cc2C1=O. The zero-order chi connectivity index (χ0) is 22.1. The highest BCUT2D eigenvalue weighted by Gasteiger charge is 2.35.